The second-order valence-electron chi connectivity index (χ2n) is 9.04. The summed E-state index contributed by atoms with van der Waals surface area (Å²) in [6.07, 6.45) is 8.86. The zero-order chi connectivity index (χ0) is 23.7. The molecule has 11 heteroatoms. The number of aliphatic hydroxyl groups is 1. The fourth-order valence-corrected chi connectivity index (χ4v) is 3.83. The van der Waals surface area contributed by atoms with Crippen LogP contribution < -0.4 is 5.32 Å². The molecule has 4 aromatic heterocycles. The van der Waals surface area contributed by atoms with Gasteiger partial charge in [0.25, 0.3) is 0 Å². The molecule has 0 amide bonds. The van der Waals surface area contributed by atoms with E-state index in [1.165, 1.54) is 6.20 Å². The van der Waals surface area contributed by atoms with Gasteiger partial charge in [0, 0.05) is 24.3 Å². The van der Waals surface area contributed by atoms with Crippen molar-refractivity contribution in [3.8, 4) is 17.6 Å². The molecule has 0 unspecified atom stereocenters. The Balaban J connectivity index is 1.51. The summed E-state index contributed by atoms with van der Waals surface area (Å²) in [5.74, 6) is 0.583. The first-order valence-corrected chi connectivity index (χ1v) is 11.1. The van der Waals surface area contributed by atoms with Crippen LogP contribution >= 0.6 is 0 Å². The zero-order valence-corrected chi connectivity index (χ0v) is 19.0. The molecule has 1 saturated heterocycles. The lowest BCUT2D eigenvalue weighted by Gasteiger charge is -2.17. The van der Waals surface area contributed by atoms with Crippen LogP contribution in [0.15, 0.2) is 36.9 Å². The minimum atomic E-state index is -0.767. The molecule has 11 nitrogen and oxygen atoms in total. The molecule has 0 aliphatic carbocycles. The van der Waals surface area contributed by atoms with Crippen molar-refractivity contribution in [2.24, 2.45) is 0 Å². The van der Waals surface area contributed by atoms with Crippen LogP contribution in [0.3, 0.4) is 0 Å². The molecule has 1 aliphatic rings. The maximum atomic E-state index is 10.0. The summed E-state index contributed by atoms with van der Waals surface area (Å²) in [6, 6.07) is 5.91. The van der Waals surface area contributed by atoms with E-state index in [-0.39, 0.29) is 6.04 Å². The lowest BCUT2D eigenvalue weighted by molar-refractivity contribution is 0.0711. The van der Waals surface area contributed by atoms with Crippen molar-refractivity contribution < 1.29 is 9.84 Å². The Morgan fingerprint density at radius 1 is 1.26 bits per heavy atom. The second kappa shape index (κ2) is 8.81. The summed E-state index contributed by atoms with van der Waals surface area (Å²) in [5, 5.41) is 36.5. The highest BCUT2D eigenvalue weighted by Gasteiger charge is 2.20. The molecule has 0 aromatic carbocycles. The number of ether oxygens (including phenoxy) is 1. The van der Waals surface area contributed by atoms with Gasteiger partial charge in [-0.05, 0) is 39.2 Å². The van der Waals surface area contributed by atoms with Crippen LogP contribution in [0.4, 0.5) is 5.69 Å². The van der Waals surface area contributed by atoms with Gasteiger partial charge in [0.1, 0.15) is 11.8 Å². The maximum absolute atomic E-state index is 10.0. The number of fused-ring (bicyclic) bond motifs is 1. The summed E-state index contributed by atoms with van der Waals surface area (Å²) < 4.78 is 8.87. The number of nitrogens with one attached hydrogen (secondary N) is 1. The molecule has 1 atom stereocenters. The number of pyridine rings is 2. The highest BCUT2D eigenvalue weighted by atomic mass is 16.5. The second-order valence-corrected chi connectivity index (χ2v) is 9.04. The Hall–Kier alpha value is -3.88. The van der Waals surface area contributed by atoms with Crippen LogP contribution in [0.1, 0.15) is 37.9 Å². The van der Waals surface area contributed by atoms with E-state index in [0.717, 1.165) is 28.9 Å². The molecule has 0 spiro atoms. The number of aromatic nitrogens is 7. The normalized spacial score (nSPS) is 16.1. The molecule has 0 radical (unpaired) electrons. The van der Waals surface area contributed by atoms with E-state index in [4.69, 9.17) is 10.00 Å². The fourth-order valence-electron chi connectivity index (χ4n) is 3.83. The molecular weight excluding hydrogens is 434 g/mol. The van der Waals surface area contributed by atoms with Crippen LogP contribution in [0.25, 0.3) is 22.5 Å². The van der Waals surface area contributed by atoms with E-state index in [0.29, 0.717) is 43.1 Å². The van der Waals surface area contributed by atoms with E-state index in [2.05, 4.69) is 36.8 Å². The predicted octanol–water partition coefficient (Wildman–Crippen LogP) is 2.17. The van der Waals surface area contributed by atoms with E-state index < -0.39 is 5.60 Å². The number of nitrogens with zero attached hydrogens (tertiary/aromatic N) is 8. The number of anilines is 1. The number of hydrogen-bond donors (Lipinski definition) is 2. The molecular formula is C23H25N9O2. The summed E-state index contributed by atoms with van der Waals surface area (Å²) in [7, 11) is 0. The van der Waals surface area contributed by atoms with Gasteiger partial charge in [0.15, 0.2) is 11.5 Å². The third-order valence-corrected chi connectivity index (χ3v) is 5.69. The topological polar surface area (TPSA) is 140 Å². The van der Waals surface area contributed by atoms with Gasteiger partial charge in [0.2, 0.25) is 0 Å². The summed E-state index contributed by atoms with van der Waals surface area (Å²) >= 11 is 0. The predicted molar refractivity (Wildman–Crippen MR) is 124 cm³/mol. The lowest BCUT2D eigenvalue weighted by atomic mass is 10.0. The highest BCUT2D eigenvalue weighted by Crippen LogP contribution is 2.26. The number of nitriles is 1. The Morgan fingerprint density at radius 2 is 2.15 bits per heavy atom. The zero-order valence-electron chi connectivity index (χ0n) is 19.0. The average Bonchev–Trinajstić information content (AvgIpc) is 3.58. The molecule has 5 rings (SSSR count). The van der Waals surface area contributed by atoms with Gasteiger partial charge in [0.05, 0.1) is 53.8 Å². The third-order valence-electron chi connectivity index (χ3n) is 5.69. The summed E-state index contributed by atoms with van der Waals surface area (Å²) in [5.41, 5.74) is 2.67. The summed E-state index contributed by atoms with van der Waals surface area (Å²) in [4.78, 5) is 9.01. The number of aryl methyl sites for hydroxylation is 1. The van der Waals surface area contributed by atoms with Crippen molar-refractivity contribution in [3.63, 3.8) is 0 Å². The molecule has 2 N–H and O–H groups in total. The molecule has 1 aliphatic heterocycles. The Morgan fingerprint density at radius 3 is 2.91 bits per heavy atom. The lowest BCUT2D eigenvalue weighted by Crippen LogP contribution is -2.21. The maximum Gasteiger partial charge on any atom is 0.164 e. The van der Waals surface area contributed by atoms with Gasteiger partial charge in [-0.25, -0.2) is 14.6 Å². The van der Waals surface area contributed by atoms with Crippen molar-refractivity contribution in [3.05, 3.63) is 48.2 Å². The van der Waals surface area contributed by atoms with Crippen LogP contribution in [0.5, 0.6) is 0 Å². The smallest absolute Gasteiger partial charge is 0.164 e. The standard InChI is InChI=1S/C23H25N9O2/c1-23(2,33)5-3-17-13-31(30-29-17)20-12-25-21(8-19(20)28-18-4-6-34-14-18)32-22-16(11-27-32)7-15(9-24)10-26-22/h7-8,10-13,18,33H,3-6,14H2,1-2H3,(H,25,28)/t18-/m1/s1. The SMILES string of the molecule is CC(C)(O)CCc1cn(-c2cnc(-n3ncc4cc(C#N)cnc43)cc2N[C@@H]2CCOC2)nn1. The van der Waals surface area contributed by atoms with E-state index in [1.54, 1.807) is 41.7 Å². The van der Waals surface area contributed by atoms with Crippen LogP contribution in [-0.4, -0.2) is 64.7 Å². The minimum Gasteiger partial charge on any atom is -0.390 e. The first-order valence-electron chi connectivity index (χ1n) is 11.1. The van der Waals surface area contributed by atoms with Gasteiger partial charge in [-0.1, -0.05) is 5.21 Å². The molecule has 4 aromatic rings. The van der Waals surface area contributed by atoms with Gasteiger partial charge in [-0.3, -0.25) is 0 Å². The number of rotatable bonds is 7. The van der Waals surface area contributed by atoms with Crippen LogP contribution in [-0.2, 0) is 11.2 Å². The molecule has 34 heavy (non-hydrogen) atoms. The van der Waals surface area contributed by atoms with E-state index in [9.17, 15) is 5.11 Å². The average molecular weight is 460 g/mol. The first-order chi connectivity index (χ1) is 16.4. The highest BCUT2D eigenvalue weighted by molar-refractivity contribution is 5.77. The van der Waals surface area contributed by atoms with Crippen molar-refractivity contribution in [1.82, 2.24) is 34.7 Å². The van der Waals surface area contributed by atoms with E-state index >= 15 is 0 Å². The van der Waals surface area contributed by atoms with Crippen molar-refractivity contribution in [2.45, 2.75) is 44.8 Å². The van der Waals surface area contributed by atoms with E-state index in [1.807, 2.05) is 12.3 Å². The van der Waals surface area contributed by atoms with Crippen molar-refractivity contribution in [2.75, 3.05) is 18.5 Å². The molecule has 174 valence electrons. The molecule has 5 heterocycles. The molecule has 0 bridgehead atoms. The van der Waals surface area contributed by atoms with Crippen molar-refractivity contribution >= 4 is 16.7 Å². The Bertz CT molecular complexity index is 1360. The third kappa shape index (κ3) is 4.59. The molecule has 1 fully saturated rings. The van der Waals surface area contributed by atoms with Crippen molar-refractivity contribution in [1.29, 1.82) is 5.26 Å². The quantitative estimate of drug-likeness (QED) is 0.425. The van der Waals surface area contributed by atoms with Crippen LogP contribution in [0, 0.1) is 11.3 Å². The Kier molecular flexibility index (Phi) is 5.69. The molecule has 0 saturated carbocycles. The van der Waals surface area contributed by atoms with Gasteiger partial charge in [-0.2, -0.15) is 15.0 Å². The van der Waals surface area contributed by atoms with Gasteiger partial charge in [-0.15, -0.1) is 5.10 Å². The largest absolute Gasteiger partial charge is 0.390 e. The summed E-state index contributed by atoms with van der Waals surface area (Å²) in [6.45, 7) is 4.89. The van der Waals surface area contributed by atoms with Gasteiger partial charge >= 0.3 is 0 Å². The number of hydrogen-bond acceptors (Lipinski definition) is 9. The monoisotopic (exact) mass is 459 g/mol. The van der Waals surface area contributed by atoms with Crippen LogP contribution in [0.2, 0.25) is 0 Å². The van der Waals surface area contributed by atoms with Gasteiger partial charge < -0.3 is 15.2 Å². The first kappa shape index (κ1) is 21.9. The minimum absolute atomic E-state index is 0.165. The fraction of sp³-hybridized carbons (Fsp3) is 0.391. The Labute approximate surface area is 196 Å².